The van der Waals surface area contributed by atoms with Crippen molar-refractivity contribution in [3.05, 3.63) is 29.8 Å². The number of hydrogen-bond acceptors (Lipinski definition) is 3. The Morgan fingerprint density at radius 3 is 2.55 bits per heavy atom. The number of nitrogens with one attached hydrogen (secondary N) is 2. The maximum atomic E-state index is 12.5. The summed E-state index contributed by atoms with van der Waals surface area (Å²) in [6, 6.07) is 4.61. The van der Waals surface area contributed by atoms with Crippen LogP contribution in [0.5, 0.6) is 5.75 Å². The molecule has 1 fully saturated rings. The summed E-state index contributed by atoms with van der Waals surface area (Å²) in [6.45, 7) is 5.56. The molecule has 1 aliphatic rings. The van der Waals surface area contributed by atoms with E-state index in [4.69, 9.17) is 4.74 Å². The molecule has 0 aliphatic carbocycles. The molecule has 0 atom stereocenters. The molecule has 164 valence electrons. The highest BCUT2D eigenvalue weighted by Gasteiger charge is 2.30. The summed E-state index contributed by atoms with van der Waals surface area (Å²) < 4.78 is 43.0. The van der Waals surface area contributed by atoms with Crippen LogP contribution in [-0.2, 0) is 11.0 Å². The fourth-order valence-electron chi connectivity index (χ4n) is 2.81. The van der Waals surface area contributed by atoms with Crippen molar-refractivity contribution < 1.29 is 22.7 Å². The largest absolute Gasteiger partial charge is 0.492 e. The molecule has 6 nitrogen and oxygen atoms in total. The number of ether oxygens (including phenoxy) is 1. The molecule has 1 aromatic rings. The zero-order valence-electron chi connectivity index (χ0n) is 16.4. The first-order valence-corrected chi connectivity index (χ1v) is 9.50. The van der Waals surface area contributed by atoms with E-state index in [1.54, 1.807) is 0 Å². The lowest BCUT2D eigenvalue weighted by atomic mass is 10.2. The number of halogens is 4. The number of carbonyl (C=O) groups is 1. The molecule has 1 saturated heterocycles. The molecule has 29 heavy (non-hydrogen) atoms. The minimum Gasteiger partial charge on any atom is -0.492 e. The van der Waals surface area contributed by atoms with E-state index in [2.05, 4.69) is 15.6 Å². The zero-order chi connectivity index (χ0) is 20.4. The topological polar surface area (TPSA) is 66.0 Å². The van der Waals surface area contributed by atoms with Gasteiger partial charge in [0.05, 0.1) is 12.1 Å². The van der Waals surface area contributed by atoms with Gasteiger partial charge in [-0.3, -0.25) is 9.79 Å². The van der Waals surface area contributed by atoms with Crippen LogP contribution in [0.4, 0.5) is 13.2 Å². The predicted molar refractivity (Wildman–Crippen MR) is 117 cm³/mol. The monoisotopic (exact) mass is 528 g/mol. The summed E-state index contributed by atoms with van der Waals surface area (Å²) in [4.78, 5) is 17.9. The Morgan fingerprint density at radius 2 is 1.97 bits per heavy atom. The Morgan fingerprint density at radius 1 is 1.24 bits per heavy atom. The predicted octanol–water partition coefficient (Wildman–Crippen LogP) is 3.27. The van der Waals surface area contributed by atoms with Crippen molar-refractivity contribution in [2.24, 2.45) is 4.99 Å². The second-order valence-electron chi connectivity index (χ2n) is 6.40. The third-order valence-corrected chi connectivity index (χ3v) is 4.22. The number of carbonyl (C=O) groups excluding carboxylic acids is 1. The van der Waals surface area contributed by atoms with E-state index in [0.29, 0.717) is 37.8 Å². The number of aliphatic imine (C=N–C) groups is 1. The van der Waals surface area contributed by atoms with Crippen molar-refractivity contribution in [3.63, 3.8) is 0 Å². The Bertz CT molecular complexity index is 654. The van der Waals surface area contributed by atoms with Gasteiger partial charge in [0.2, 0.25) is 5.91 Å². The van der Waals surface area contributed by atoms with Crippen molar-refractivity contribution >= 4 is 35.8 Å². The lowest BCUT2D eigenvalue weighted by molar-refractivity contribution is -0.137. The molecule has 2 N–H and O–H groups in total. The molecule has 1 heterocycles. The maximum absolute atomic E-state index is 12.5. The Balaban J connectivity index is 0.00000420. The van der Waals surface area contributed by atoms with E-state index in [0.717, 1.165) is 38.1 Å². The molecule has 1 aliphatic heterocycles. The number of benzene rings is 1. The van der Waals surface area contributed by atoms with Crippen LogP contribution in [0, 0.1) is 0 Å². The average molecular weight is 528 g/mol. The van der Waals surface area contributed by atoms with Gasteiger partial charge in [0.25, 0.3) is 0 Å². The summed E-state index contributed by atoms with van der Waals surface area (Å²) in [5.74, 6) is 1.24. The molecule has 0 aromatic heterocycles. The summed E-state index contributed by atoms with van der Waals surface area (Å²) in [7, 11) is 0. The van der Waals surface area contributed by atoms with Gasteiger partial charge in [-0.25, -0.2) is 0 Å². The summed E-state index contributed by atoms with van der Waals surface area (Å²) in [6.07, 6.45) is -1.97. The SMILES string of the molecule is CCNC(=NCCCN1CCCC1=O)NCCOc1ccc(C(F)(F)F)cc1.I. The van der Waals surface area contributed by atoms with E-state index in [-0.39, 0.29) is 36.5 Å². The number of guanidine groups is 1. The van der Waals surface area contributed by atoms with Crippen molar-refractivity contribution in [3.8, 4) is 5.75 Å². The average Bonchev–Trinajstić information content (AvgIpc) is 3.06. The van der Waals surface area contributed by atoms with E-state index in [9.17, 15) is 18.0 Å². The quantitative estimate of drug-likeness (QED) is 0.224. The first-order chi connectivity index (χ1) is 13.4. The highest BCUT2D eigenvalue weighted by atomic mass is 127. The molecule has 0 unspecified atom stereocenters. The number of alkyl halides is 3. The van der Waals surface area contributed by atoms with Crippen LogP contribution >= 0.6 is 24.0 Å². The number of likely N-dealkylation sites (tertiary alicyclic amines) is 1. The summed E-state index contributed by atoms with van der Waals surface area (Å²) >= 11 is 0. The number of rotatable bonds is 9. The zero-order valence-corrected chi connectivity index (χ0v) is 18.8. The van der Waals surface area contributed by atoms with Gasteiger partial charge in [-0.1, -0.05) is 0 Å². The van der Waals surface area contributed by atoms with Gasteiger partial charge in [-0.05, 0) is 44.0 Å². The minimum atomic E-state index is -4.35. The highest BCUT2D eigenvalue weighted by Crippen LogP contribution is 2.30. The molecule has 1 aromatic carbocycles. The van der Waals surface area contributed by atoms with Gasteiger partial charge in [-0.2, -0.15) is 13.2 Å². The van der Waals surface area contributed by atoms with Crippen molar-refractivity contribution in [2.45, 2.75) is 32.4 Å². The van der Waals surface area contributed by atoms with Crippen molar-refractivity contribution in [1.29, 1.82) is 0 Å². The molecule has 2 rings (SSSR count). The Labute approximate surface area is 186 Å². The van der Waals surface area contributed by atoms with E-state index in [1.165, 1.54) is 12.1 Å². The van der Waals surface area contributed by atoms with Crippen LogP contribution in [0.15, 0.2) is 29.3 Å². The van der Waals surface area contributed by atoms with Crippen molar-refractivity contribution in [1.82, 2.24) is 15.5 Å². The molecule has 10 heteroatoms. The van der Waals surface area contributed by atoms with E-state index >= 15 is 0 Å². The molecule has 1 amide bonds. The molecular formula is C19H28F3IN4O2. The van der Waals surface area contributed by atoms with Gasteiger partial charge in [0.15, 0.2) is 5.96 Å². The lowest BCUT2D eigenvalue weighted by Crippen LogP contribution is -2.39. The number of hydrogen-bond donors (Lipinski definition) is 2. The van der Waals surface area contributed by atoms with Gasteiger partial charge in [0, 0.05) is 32.6 Å². The van der Waals surface area contributed by atoms with Gasteiger partial charge in [-0.15, -0.1) is 24.0 Å². The van der Waals surface area contributed by atoms with Crippen LogP contribution in [-0.4, -0.2) is 56.1 Å². The van der Waals surface area contributed by atoms with Crippen LogP contribution in [0.25, 0.3) is 0 Å². The summed E-state index contributed by atoms with van der Waals surface area (Å²) in [5.41, 5.74) is -0.699. The lowest BCUT2D eigenvalue weighted by Gasteiger charge is -2.15. The fraction of sp³-hybridized carbons (Fsp3) is 0.579. The molecule has 0 radical (unpaired) electrons. The summed E-state index contributed by atoms with van der Waals surface area (Å²) in [5, 5.41) is 6.24. The molecular weight excluding hydrogens is 500 g/mol. The van der Waals surface area contributed by atoms with E-state index in [1.807, 2.05) is 11.8 Å². The second kappa shape index (κ2) is 12.8. The maximum Gasteiger partial charge on any atom is 0.416 e. The molecule has 0 bridgehead atoms. The normalized spacial score (nSPS) is 14.6. The standard InChI is InChI=1S/C19H27F3N4O2.HI/c1-2-23-18(24-10-4-13-26-12-3-5-17(26)27)25-11-14-28-16-8-6-15(7-9-16)19(20,21)22;/h6-9H,2-5,10-14H2,1H3,(H2,23,24,25);1H. The van der Waals surface area contributed by atoms with Crippen molar-refractivity contribution in [2.75, 3.05) is 39.3 Å². The second-order valence-corrected chi connectivity index (χ2v) is 6.40. The van der Waals surface area contributed by atoms with Gasteiger partial charge < -0.3 is 20.3 Å². The third kappa shape index (κ3) is 9.09. The van der Waals surface area contributed by atoms with Crippen LogP contribution in [0.1, 0.15) is 31.7 Å². The van der Waals surface area contributed by atoms with Crippen LogP contribution < -0.4 is 15.4 Å². The van der Waals surface area contributed by atoms with E-state index < -0.39 is 11.7 Å². The number of nitrogens with zero attached hydrogens (tertiary/aromatic N) is 2. The first-order valence-electron chi connectivity index (χ1n) is 9.50. The first kappa shape index (κ1) is 25.3. The molecule has 0 spiro atoms. The minimum absolute atomic E-state index is 0. The third-order valence-electron chi connectivity index (χ3n) is 4.22. The Hall–Kier alpha value is -1.72. The van der Waals surface area contributed by atoms with Gasteiger partial charge >= 0.3 is 6.18 Å². The highest BCUT2D eigenvalue weighted by molar-refractivity contribution is 14.0. The Kier molecular flexibility index (Phi) is 11.1. The van der Waals surface area contributed by atoms with Gasteiger partial charge in [0.1, 0.15) is 12.4 Å². The molecule has 0 saturated carbocycles. The number of amides is 1. The smallest absolute Gasteiger partial charge is 0.416 e. The van der Waals surface area contributed by atoms with Crippen LogP contribution in [0.2, 0.25) is 0 Å². The van der Waals surface area contributed by atoms with Crippen LogP contribution in [0.3, 0.4) is 0 Å². The fourth-order valence-corrected chi connectivity index (χ4v) is 2.81.